The number of carbonyl (C=O) groups is 1. The molecule has 1 aliphatic carbocycles. The number of nitrogens with zero attached hydrogens (tertiary/aromatic N) is 2. The number of hydrogen-bond acceptors (Lipinski definition) is 4. The molecule has 1 aliphatic rings. The Hall–Kier alpha value is -2.60. The molecule has 0 aliphatic heterocycles. The van der Waals surface area contributed by atoms with Crippen molar-refractivity contribution in [2.45, 2.75) is 31.3 Å². The molecule has 6 heteroatoms. The quantitative estimate of drug-likeness (QED) is 0.512. The number of rotatable bonds is 6. The minimum atomic E-state index is -0.119. The number of carbonyl (C=O) groups excluding carboxylic acids is 1. The van der Waals surface area contributed by atoms with Crippen molar-refractivity contribution in [3.63, 3.8) is 0 Å². The molecule has 144 valence electrons. The largest absolute Gasteiger partial charge is 0.355 e. The second-order valence-corrected chi connectivity index (χ2v) is 8.22. The van der Waals surface area contributed by atoms with Gasteiger partial charge in [-0.05, 0) is 49.9 Å². The number of benzene rings is 2. The van der Waals surface area contributed by atoms with Crippen molar-refractivity contribution >= 4 is 28.6 Å². The first kappa shape index (κ1) is 18.7. The first-order valence-corrected chi connectivity index (χ1v) is 10.6. The molecule has 0 spiro atoms. The average molecular weight is 394 g/mol. The highest BCUT2D eigenvalue weighted by Crippen LogP contribution is 2.25. The van der Waals surface area contributed by atoms with E-state index in [0.29, 0.717) is 22.0 Å². The standard InChI is InChI=1S/C22H23N3O2S/c1-15-9-11-17(12-10-15)25-21(27)18-7-2-3-8-19(18)24-22(25)28-14-20(26)23-13-16-5-4-6-16/h2-3,7-12,16H,4-6,13-14H2,1H3,(H,23,26). The second-order valence-electron chi connectivity index (χ2n) is 7.28. The van der Waals surface area contributed by atoms with Crippen LogP contribution in [0.3, 0.4) is 0 Å². The van der Waals surface area contributed by atoms with E-state index >= 15 is 0 Å². The van der Waals surface area contributed by atoms with E-state index < -0.39 is 0 Å². The number of aromatic nitrogens is 2. The smallest absolute Gasteiger partial charge is 0.266 e. The molecular formula is C22H23N3O2S. The summed E-state index contributed by atoms with van der Waals surface area (Å²) in [5.41, 5.74) is 2.40. The number of thioether (sulfide) groups is 1. The van der Waals surface area contributed by atoms with Crippen LogP contribution in [0.25, 0.3) is 16.6 Å². The van der Waals surface area contributed by atoms with Crippen LogP contribution < -0.4 is 10.9 Å². The van der Waals surface area contributed by atoms with Crippen LogP contribution >= 0.6 is 11.8 Å². The predicted molar refractivity (Wildman–Crippen MR) is 113 cm³/mol. The number of aryl methyl sites for hydroxylation is 1. The van der Waals surface area contributed by atoms with Crippen LogP contribution in [0.1, 0.15) is 24.8 Å². The first-order valence-electron chi connectivity index (χ1n) is 9.60. The Labute approximate surface area is 168 Å². The molecular weight excluding hydrogens is 370 g/mol. The minimum Gasteiger partial charge on any atom is -0.355 e. The van der Waals surface area contributed by atoms with Crippen LogP contribution in [0, 0.1) is 12.8 Å². The minimum absolute atomic E-state index is 0.0187. The van der Waals surface area contributed by atoms with Crippen LogP contribution in [-0.4, -0.2) is 27.8 Å². The molecule has 0 atom stereocenters. The van der Waals surface area contributed by atoms with Crippen LogP contribution in [0.5, 0.6) is 0 Å². The van der Waals surface area contributed by atoms with E-state index in [0.717, 1.165) is 17.8 Å². The van der Waals surface area contributed by atoms with Crippen LogP contribution in [-0.2, 0) is 4.79 Å². The Bertz CT molecular complexity index is 1060. The molecule has 1 heterocycles. The summed E-state index contributed by atoms with van der Waals surface area (Å²) in [6, 6.07) is 15.1. The molecule has 0 saturated heterocycles. The Kier molecular flexibility index (Phi) is 5.48. The van der Waals surface area contributed by atoms with E-state index in [1.165, 1.54) is 31.0 Å². The van der Waals surface area contributed by atoms with Gasteiger partial charge in [-0.25, -0.2) is 4.98 Å². The van der Waals surface area contributed by atoms with Crippen molar-refractivity contribution in [2.24, 2.45) is 5.92 Å². The van der Waals surface area contributed by atoms with Gasteiger partial charge < -0.3 is 5.32 Å². The van der Waals surface area contributed by atoms with Crippen molar-refractivity contribution in [1.82, 2.24) is 14.9 Å². The maximum Gasteiger partial charge on any atom is 0.266 e. The molecule has 4 rings (SSSR count). The number of fused-ring (bicyclic) bond motifs is 1. The molecule has 1 N–H and O–H groups in total. The van der Waals surface area contributed by atoms with E-state index in [-0.39, 0.29) is 17.2 Å². The van der Waals surface area contributed by atoms with Gasteiger partial charge in [0.1, 0.15) is 0 Å². The van der Waals surface area contributed by atoms with Gasteiger partial charge in [-0.15, -0.1) is 0 Å². The van der Waals surface area contributed by atoms with Gasteiger partial charge in [-0.2, -0.15) is 0 Å². The number of amides is 1. The van der Waals surface area contributed by atoms with E-state index in [9.17, 15) is 9.59 Å². The van der Waals surface area contributed by atoms with Crippen LogP contribution in [0.2, 0.25) is 0 Å². The van der Waals surface area contributed by atoms with Gasteiger partial charge >= 0.3 is 0 Å². The van der Waals surface area contributed by atoms with E-state index in [1.807, 2.05) is 49.4 Å². The highest BCUT2D eigenvalue weighted by atomic mass is 32.2. The van der Waals surface area contributed by atoms with Crippen LogP contribution in [0.4, 0.5) is 0 Å². The first-order chi connectivity index (χ1) is 13.6. The molecule has 0 radical (unpaired) electrons. The Morgan fingerprint density at radius 1 is 1.18 bits per heavy atom. The third-order valence-corrected chi connectivity index (χ3v) is 6.12. The van der Waals surface area contributed by atoms with Gasteiger partial charge in [0.25, 0.3) is 5.56 Å². The normalized spacial score (nSPS) is 14.0. The molecule has 1 saturated carbocycles. The Morgan fingerprint density at radius 2 is 1.93 bits per heavy atom. The summed E-state index contributed by atoms with van der Waals surface area (Å²) in [5.74, 6) is 0.844. The van der Waals surface area contributed by atoms with E-state index in [4.69, 9.17) is 0 Å². The van der Waals surface area contributed by atoms with Crippen molar-refractivity contribution < 1.29 is 4.79 Å². The monoisotopic (exact) mass is 393 g/mol. The number of para-hydroxylation sites is 1. The Morgan fingerprint density at radius 3 is 2.64 bits per heavy atom. The summed E-state index contributed by atoms with van der Waals surface area (Å²) in [5, 5.41) is 4.10. The zero-order chi connectivity index (χ0) is 19.5. The van der Waals surface area contributed by atoms with Gasteiger partial charge in [0, 0.05) is 6.54 Å². The molecule has 28 heavy (non-hydrogen) atoms. The molecule has 0 bridgehead atoms. The number of hydrogen-bond donors (Lipinski definition) is 1. The second kappa shape index (κ2) is 8.19. The SMILES string of the molecule is Cc1ccc(-n2c(SCC(=O)NCC3CCC3)nc3ccccc3c2=O)cc1. The maximum atomic E-state index is 13.1. The fourth-order valence-electron chi connectivity index (χ4n) is 3.27. The molecule has 5 nitrogen and oxygen atoms in total. The summed E-state index contributed by atoms with van der Waals surface area (Å²) in [6.07, 6.45) is 3.67. The molecule has 1 aromatic heterocycles. The van der Waals surface area contributed by atoms with Gasteiger partial charge in [0.05, 0.1) is 22.3 Å². The van der Waals surface area contributed by atoms with Gasteiger partial charge in [-0.3, -0.25) is 14.2 Å². The summed E-state index contributed by atoms with van der Waals surface area (Å²) in [7, 11) is 0. The molecule has 1 amide bonds. The fraction of sp³-hybridized carbons (Fsp3) is 0.318. The van der Waals surface area contributed by atoms with Crippen LogP contribution in [0.15, 0.2) is 58.5 Å². The lowest BCUT2D eigenvalue weighted by molar-refractivity contribution is -0.118. The predicted octanol–water partition coefficient (Wildman–Crippen LogP) is 3.70. The Balaban J connectivity index is 1.63. The lowest BCUT2D eigenvalue weighted by Gasteiger charge is -2.25. The van der Waals surface area contributed by atoms with Crippen molar-refractivity contribution in [1.29, 1.82) is 0 Å². The third kappa shape index (κ3) is 3.97. The van der Waals surface area contributed by atoms with Gasteiger partial charge in [0.15, 0.2) is 5.16 Å². The lowest BCUT2D eigenvalue weighted by atomic mass is 9.85. The van der Waals surface area contributed by atoms with E-state index in [1.54, 1.807) is 10.6 Å². The summed E-state index contributed by atoms with van der Waals surface area (Å²) < 4.78 is 1.60. The third-order valence-electron chi connectivity index (χ3n) is 5.18. The lowest BCUT2D eigenvalue weighted by Crippen LogP contribution is -2.33. The van der Waals surface area contributed by atoms with Crippen molar-refractivity contribution in [3.8, 4) is 5.69 Å². The zero-order valence-electron chi connectivity index (χ0n) is 15.9. The highest BCUT2D eigenvalue weighted by Gasteiger charge is 2.19. The summed E-state index contributed by atoms with van der Waals surface area (Å²) in [6.45, 7) is 2.75. The topological polar surface area (TPSA) is 64.0 Å². The molecule has 1 fully saturated rings. The van der Waals surface area contributed by atoms with Gasteiger partial charge in [0.2, 0.25) is 5.91 Å². The average Bonchev–Trinajstić information content (AvgIpc) is 2.66. The maximum absolute atomic E-state index is 13.1. The zero-order valence-corrected chi connectivity index (χ0v) is 16.7. The van der Waals surface area contributed by atoms with Crippen molar-refractivity contribution in [3.05, 3.63) is 64.4 Å². The molecule has 2 aromatic carbocycles. The number of nitrogens with one attached hydrogen (secondary N) is 1. The fourth-order valence-corrected chi connectivity index (χ4v) is 4.11. The van der Waals surface area contributed by atoms with Crippen molar-refractivity contribution in [2.75, 3.05) is 12.3 Å². The highest BCUT2D eigenvalue weighted by molar-refractivity contribution is 7.99. The summed E-state index contributed by atoms with van der Waals surface area (Å²) in [4.78, 5) is 30.1. The molecule has 3 aromatic rings. The molecule has 0 unspecified atom stereocenters. The van der Waals surface area contributed by atoms with E-state index in [2.05, 4.69) is 10.3 Å². The van der Waals surface area contributed by atoms with Gasteiger partial charge in [-0.1, -0.05) is 48.0 Å². The summed E-state index contributed by atoms with van der Waals surface area (Å²) >= 11 is 1.30.